The average Bonchev–Trinajstić information content (AvgIpc) is 2.92. The van der Waals surface area contributed by atoms with E-state index >= 15 is 0 Å². The lowest BCUT2D eigenvalue weighted by Crippen LogP contribution is -2.19. The number of anilines is 1. The number of imidazole rings is 1. The Balaban J connectivity index is 1.83. The highest BCUT2D eigenvalue weighted by Gasteiger charge is 2.00. The largest absolute Gasteiger partial charge is 0.375 e. The van der Waals surface area contributed by atoms with Gasteiger partial charge < -0.3 is 9.47 Å². The molecule has 2 aromatic rings. The number of nitriles is 1. The van der Waals surface area contributed by atoms with Gasteiger partial charge in [-0.05, 0) is 30.7 Å². The summed E-state index contributed by atoms with van der Waals surface area (Å²) in [6, 6.07) is 9.79. The van der Waals surface area contributed by atoms with Crippen LogP contribution in [0.1, 0.15) is 12.0 Å². The van der Waals surface area contributed by atoms with Gasteiger partial charge in [0.25, 0.3) is 0 Å². The minimum absolute atomic E-state index is 0.700. The van der Waals surface area contributed by atoms with Crippen LogP contribution in [0, 0.1) is 11.3 Å². The van der Waals surface area contributed by atoms with E-state index in [1.54, 1.807) is 6.20 Å². The van der Waals surface area contributed by atoms with E-state index in [-0.39, 0.29) is 0 Å². The van der Waals surface area contributed by atoms with Gasteiger partial charge in [-0.15, -0.1) is 0 Å². The molecular formula is C14H16N4. The fraction of sp³-hybridized carbons (Fsp3) is 0.286. The van der Waals surface area contributed by atoms with E-state index in [0.29, 0.717) is 5.56 Å². The van der Waals surface area contributed by atoms with Crippen LogP contribution >= 0.6 is 0 Å². The summed E-state index contributed by atoms with van der Waals surface area (Å²) in [5, 5.41) is 8.74. The molecule has 0 unspecified atom stereocenters. The molecule has 0 spiro atoms. The predicted octanol–water partition coefficient (Wildman–Crippen LogP) is 2.28. The Morgan fingerprint density at radius 2 is 2.11 bits per heavy atom. The Labute approximate surface area is 107 Å². The molecule has 0 saturated heterocycles. The van der Waals surface area contributed by atoms with Gasteiger partial charge in [-0.3, -0.25) is 0 Å². The summed E-state index contributed by atoms with van der Waals surface area (Å²) in [5.74, 6) is 0. The molecule has 0 N–H and O–H groups in total. The first-order chi connectivity index (χ1) is 8.79. The second kappa shape index (κ2) is 5.87. The molecule has 1 heterocycles. The lowest BCUT2D eigenvalue weighted by molar-refractivity contribution is 0.637. The number of nitrogens with zero attached hydrogens (tertiary/aromatic N) is 4. The second-order valence-corrected chi connectivity index (χ2v) is 4.23. The number of rotatable bonds is 5. The van der Waals surface area contributed by atoms with Crippen molar-refractivity contribution in [2.24, 2.45) is 0 Å². The van der Waals surface area contributed by atoms with Crippen LogP contribution in [0.5, 0.6) is 0 Å². The van der Waals surface area contributed by atoms with Crippen LogP contribution in [0.3, 0.4) is 0 Å². The van der Waals surface area contributed by atoms with Crippen molar-refractivity contribution in [1.29, 1.82) is 5.26 Å². The average molecular weight is 240 g/mol. The Bertz CT molecular complexity index is 508. The van der Waals surface area contributed by atoms with Crippen LogP contribution in [0.2, 0.25) is 0 Å². The maximum absolute atomic E-state index is 8.74. The van der Waals surface area contributed by atoms with Gasteiger partial charge in [0.1, 0.15) is 0 Å². The molecular weight excluding hydrogens is 224 g/mol. The van der Waals surface area contributed by atoms with Crippen LogP contribution in [0.4, 0.5) is 5.69 Å². The number of aromatic nitrogens is 2. The molecule has 0 aliphatic rings. The highest BCUT2D eigenvalue weighted by molar-refractivity contribution is 5.48. The SMILES string of the molecule is CN(CCCn1ccnc1)c1ccc(C#N)cc1. The maximum Gasteiger partial charge on any atom is 0.0991 e. The third-order valence-electron chi connectivity index (χ3n) is 2.91. The van der Waals surface area contributed by atoms with Crippen LogP contribution < -0.4 is 4.90 Å². The Morgan fingerprint density at radius 1 is 1.33 bits per heavy atom. The van der Waals surface area contributed by atoms with Gasteiger partial charge in [-0.1, -0.05) is 0 Å². The first-order valence-corrected chi connectivity index (χ1v) is 5.96. The summed E-state index contributed by atoms with van der Waals surface area (Å²) in [6.45, 7) is 1.95. The third-order valence-corrected chi connectivity index (χ3v) is 2.91. The third kappa shape index (κ3) is 3.11. The van der Waals surface area contributed by atoms with Crippen molar-refractivity contribution in [3.8, 4) is 6.07 Å². The zero-order valence-electron chi connectivity index (χ0n) is 10.5. The van der Waals surface area contributed by atoms with Gasteiger partial charge in [0.2, 0.25) is 0 Å². The molecule has 0 bridgehead atoms. The van der Waals surface area contributed by atoms with Crippen molar-refractivity contribution in [3.05, 3.63) is 48.5 Å². The highest BCUT2D eigenvalue weighted by atomic mass is 15.1. The van der Waals surface area contributed by atoms with Crippen molar-refractivity contribution >= 4 is 5.69 Å². The van der Waals surface area contributed by atoms with Gasteiger partial charge >= 0.3 is 0 Å². The van der Waals surface area contributed by atoms with Gasteiger partial charge in [-0.25, -0.2) is 4.98 Å². The van der Waals surface area contributed by atoms with E-state index in [1.807, 2.05) is 36.8 Å². The first kappa shape index (κ1) is 12.2. The Morgan fingerprint density at radius 3 is 2.72 bits per heavy atom. The van der Waals surface area contributed by atoms with E-state index in [0.717, 1.165) is 25.2 Å². The molecule has 1 aromatic carbocycles. The van der Waals surface area contributed by atoms with E-state index in [1.165, 1.54) is 0 Å². The first-order valence-electron chi connectivity index (χ1n) is 5.96. The van der Waals surface area contributed by atoms with Gasteiger partial charge in [-0.2, -0.15) is 5.26 Å². The van der Waals surface area contributed by atoms with E-state index in [9.17, 15) is 0 Å². The summed E-state index contributed by atoms with van der Waals surface area (Å²) in [4.78, 5) is 6.21. The molecule has 0 atom stereocenters. The van der Waals surface area contributed by atoms with Crippen molar-refractivity contribution in [2.75, 3.05) is 18.5 Å². The molecule has 0 fully saturated rings. The number of hydrogen-bond acceptors (Lipinski definition) is 3. The second-order valence-electron chi connectivity index (χ2n) is 4.23. The van der Waals surface area contributed by atoms with Crippen molar-refractivity contribution in [2.45, 2.75) is 13.0 Å². The topological polar surface area (TPSA) is 44.9 Å². The monoisotopic (exact) mass is 240 g/mol. The molecule has 4 heteroatoms. The lowest BCUT2D eigenvalue weighted by atomic mass is 10.2. The molecule has 2 rings (SSSR count). The van der Waals surface area contributed by atoms with Crippen LogP contribution in [-0.4, -0.2) is 23.1 Å². The number of aryl methyl sites for hydroxylation is 1. The zero-order valence-corrected chi connectivity index (χ0v) is 10.5. The molecule has 1 aromatic heterocycles. The molecule has 18 heavy (non-hydrogen) atoms. The van der Waals surface area contributed by atoms with Crippen molar-refractivity contribution < 1.29 is 0 Å². The fourth-order valence-corrected chi connectivity index (χ4v) is 1.83. The number of benzene rings is 1. The van der Waals surface area contributed by atoms with Gasteiger partial charge in [0.05, 0.1) is 18.0 Å². The fourth-order valence-electron chi connectivity index (χ4n) is 1.83. The minimum Gasteiger partial charge on any atom is -0.375 e. The lowest BCUT2D eigenvalue weighted by Gasteiger charge is -2.19. The van der Waals surface area contributed by atoms with Crippen molar-refractivity contribution in [1.82, 2.24) is 9.55 Å². The van der Waals surface area contributed by atoms with Crippen LogP contribution in [0.25, 0.3) is 0 Å². The van der Waals surface area contributed by atoms with Gasteiger partial charge in [0.15, 0.2) is 0 Å². The summed E-state index contributed by atoms with van der Waals surface area (Å²) in [5.41, 5.74) is 1.84. The van der Waals surface area contributed by atoms with E-state index in [4.69, 9.17) is 5.26 Å². The normalized spacial score (nSPS) is 10.0. The van der Waals surface area contributed by atoms with E-state index in [2.05, 4.69) is 27.6 Å². The molecule has 92 valence electrons. The standard InChI is InChI=1S/C14H16N4/c1-17(8-2-9-18-10-7-16-12-18)14-5-3-13(11-15)4-6-14/h3-7,10,12H,2,8-9H2,1H3. The molecule has 0 aliphatic carbocycles. The predicted molar refractivity (Wildman–Crippen MR) is 71.3 cm³/mol. The van der Waals surface area contributed by atoms with Crippen molar-refractivity contribution in [3.63, 3.8) is 0 Å². The smallest absolute Gasteiger partial charge is 0.0991 e. The Hall–Kier alpha value is -2.28. The molecule has 4 nitrogen and oxygen atoms in total. The number of hydrogen-bond donors (Lipinski definition) is 0. The van der Waals surface area contributed by atoms with Crippen LogP contribution in [0.15, 0.2) is 43.0 Å². The highest BCUT2D eigenvalue weighted by Crippen LogP contribution is 2.13. The van der Waals surface area contributed by atoms with E-state index < -0.39 is 0 Å². The van der Waals surface area contributed by atoms with Gasteiger partial charge in [0, 0.05) is 38.2 Å². The summed E-state index contributed by atoms with van der Waals surface area (Å²) in [7, 11) is 2.06. The molecule has 0 saturated carbocycles. The molecule has 0 amide bonds. The summed E-state index contributed by atoms with van der Waals surface area (Å²) in [6.07, 6.45) is 6.67. The summed E-state index contributed by atoms with van der Waals surface area (Å²) < 4.78 is 2.08. The molecule has 0 aliphatic heterocycles. The summed E-state index contributed by atoms with van der Waals surface area (Å²) >= 11 is 0. The molecule has 0 radical (unpaired) electrons. The zero-order chi connectivity index (χ0) is 12.8. The minimum atomic E-state index is 0.700. The van der Waals surface area contributed by atoms with Crippen LogP contribution in [-0.2, 0) is 6.54 Å². The maximum atomic E-state index is 8.74. The quantitative estimate of drug-likeness (QED) is 0.805. The Kier molecular flexibility index (Phi) is 3.98.